The van der Waals surface area contributed by atoms with Gasteiger partial charge in [-0.25, -0.2) is 0 Å². The Morgan fingerprint density at radius 1 is 1.24 bits per heavy atom. The van der Waals surface area contributed by atoms with Crippen molar-refractivity contribution in [2.24, 2.45) is 7.05 Å². The van der Waals surface area contributed by atoms with Gasteiger partial charge < -0.3 is 11.1 Å². The maximum atomic E-state index is 6.02. The number of fused-ring (bicyclic) bond motifs is 1. The van der Waals surface area contributed by atoms with Gasteiger partial charge in [-0.15, -0.1) is 0 Å². The lowest BCUT2D eigenvalue weighted by Crippen LogP contribution is -2.10. The van der Waals surface area contributed by atoms with Crippen molar-refractivity contribution in [3.63, 3.8) is 0 Å². The van der Waals surface area contributed by atoms with Gasteiger partial charge in [-0.05, 0) is 25.0 Å². The van der Waals surface area contributed by atoms with Gasteiger partial charge in [0.05, 0.1) is 16.9 Å². The summed E-state index contributed by atoms with van der Waals surface area (Å²) in [6, 6.07) is 10.3. The minimum atomic E-state index is 0.716. The Labute approximate surface area is 123 Å². The Kier molecular flexibility index (Phi) is 3.48. The van der Waals surface area contributed by atoms with Crippen molar-refractivity contribution in [3.8, 4) is 0 Å². The van der Waals surface area contributed by atoms with Crippen molar-refractivity contribution in [2.45, 2.75) is 13.3 Å². The highest BCUT2D eigenvalue weighted by atomic mass is 15.3. The molecule has 0 saturated carbocycles. The van der Waals surface area contributed by atoms with Gasteiger partial charge in [0.15, 0.2) is 0 Å². The molecule has 21 heavy (non-hydrogen) atoms. The molecular weight excluding hydrogens is 262 g/mol. The molecule has 0 unspecified atom stereocenters. The summed E-state index contributed by atoms with van der Waals surface area (Å²) in [5.74, 6) is 0.876. The average Bonchev–Trinajstić information content (AvgIpc) is 2.73. The molecule has 0 amide bonds. The second-order valence-corrected chi connectivity index (χ2v) is 5.14. The van der Waals surface area contributed by atoms with Crippen LogP contribution in [0, 0.1) is 6.92 Å². The second-order valence-electron chi connectivity index (χ2n) is 5.14. The minimum Gasteiger partial charge on any atom is -0.394 e. The van der Waals surface area contributed by atoms with Crippen LogP contribution in [0.3, 0.4) is 0 Å². The van der Waals surface area contributed by atoms with Crippen molar-refractivity contribution in [1.82, 2.24) is 14.8 Å². The van der Waals surface area contributed by atoms with E-state index in [0.29, 0.717) is 5.69 Å². The van der Waals surface area contributed by atoms with E-state index >= 15 is 0 Å². The van der Waals surface area contributed by atoms with Crippen LogP contribution in [0.25, 0.3) is 10.9 Å². The van der Waals surface area contributed by atoms with E-state index in [-0.39, 0.29) is 0 Å². The van der Waals surface area contributed by atoms with Gasteiger partial charge in [0.2, 0.25) is 0 Å². The summed E-state index contributed by atoms with van der Waals surface area (Å²) in [7, 11) is 1.89. The van der Waals surface area contributed by atoms with Gasteiger partial charge in [0, 0.05) is 25.2 Å². The third-order valence-electron chi connectivity index (χ3n) is 3.67. The van der Waals surface area contributed by atoms with Crippen LogP contribution >= 0.6 is 0 Å². The summed E-state index contributed by atoms with van der Waals surface area (Å²) in [5.41, 5.74) is 9.89. The molecule has 0 aliphatic heterocycles. The SMILES string of the molecule is Cc1nn(C)c(NCCc2cccc3cccnc23)c1N. The Hall–Kier alpha value is -2.56. The van der Waals surface area contributed by atoms with E-state index in [9.17, 15) is 0 Å². The summed E-state index contributed by atoms with van der Waals surface area (Å²) in [6.07, 6.45) is 2.72. The number of aryl methyl sites for hydroxylation is 2. The molecule has 0 atom stereocenters. The Morgan fingerprint density at radius 3 is 2.81 bits per heavy atom. The first kappa shape index (κ1) is 13.4. The van der Waals surface area contributed by atoms with E-state index in [1.807, 2.05) is 26.2 Å². The molecule has 5 heteroatoms. The van der Waals surface area contributed by atoms with Crippen LogP contribution in [-0.2, 0) is 13.5 Å². The van der Waals surface area contributed by atoms with Gasteiger partial charge in [-0.1, -0.05) is 24.3 Å². The van der Waals surface area contributed by atoms with Crippen molar-refractivity contribution in [2.75, 3.05) is 17.6 Å². The van der Waals surface area contributed by atoms with Gasteiger partial charge in [-0.3, -0.25) is 9.67 Å². The number of hydrogen-bond acceptors (Lipinski definition) is 4. The van der Waals surface area contributed by atoms with E-state index in [1.165, 1.54) is 10.9 Å². The zero-order valence-electron chi connectivity index (χ0n) is 12.3. The molecule has 0 spiro atoms. The minimum absolute atomic E-state index is 0.716. The molecule has 108 valence electrons. The highest BCUT2D eigenvalue weighted by Gasteiger charge is 2.09. The molecule has 0 saturated heterocycles. The van der Waals surface area contributed by atoms with Crippen LogP contribution in [-0.4, -0.2) is 21.3 Å². The molecule has 0 aliphatic rings. The van der Waals surface area contributed by atoms with Crippen molar-refractivity contribution >= 4 is 22.4 Å². The molecule has 2 aromatic heterocycles. The summed E-state index contributed by atoms with van der Waals surface area (Å²) in [6.45, 7) is 2.70. The molecule has 0 aliphatic carbocycles. The monoisotopic (exact) mass is 281 g/mol. The average molecular weight is 281 g/mol. The van der Waals surface area contributed by atoms with E-state index in [1.54, 1.807) is 4.68 Å². The lowest BCUT2D eigenvalue weighted by molar-refractivity contribution is 0.757. The highest BCUT2D eigenvalue weighted by molar-refractivity contribution is 5.81. The summed E-state index contributed by atoms with van der Waals surface area (Å²) < 4.78 is 1.78. The number of nitrogens with one attached hydrogen (secondary N) is 1. The maximum absolute atomic E-state index is 6.02. The Bertz CT molecular complexity index is 770. The van der Waals surface area contributed by atoms with Crippen molar-refractivity contribution in [3.05, 3.63) is 47.8 Å². The lowest BCUT2D eigenvalue weighted by Gasteiger charge is -2.09. The van der Waals surface area contributed by atoms with Gasteiger partial charge >= 0.3 is 0 Å². The Morgan fingerprint density at radius 2 is 2.05 bits per heavy atom. The van der Waals surface area contributed by atoms with Crippen LogP contribution in [0.5, 0.6) is 0 Å². The number of nitrogen functional groups attached to an aromatic ring is 1. The van der Waals surface area contributed by atoms with Crippen LogP contribution in [0.1, 0.15) is 11.3 Å². The third kappa shape index (κ3) is 2.54. The number of rotatable bonds is 4. The molecule has 0 bridgehead atoms. The first-order valence-electron chi connectivity index (χ1n) is 7.02. The number of aromatic nitrogens is 3. The van der Waals surface area contributed by atoms with Gasteiger partial charge in [0.25, 0.3) is 0 Å². The largest absolute Gasteiger partial charge is 0.394 e. The molecular formula is C16H19N5. The van der Waals surface area contributed by atoms with E-state index < -0.39 is 0 Å². The molecule has 3 aromatic rings. The fourth-order valence-corrected chi connectivity index (χ4v) is 2.57. The van der Waals surface area contributed by atoms with Crippen molar-refractivity contribution in [1.29, 1.82) is 0 Å². The highest BCUT2D eigenvalue weighted by Crippen LogP contribution is 2.21. The predicted molar refractivity (Wildman–Crippen MR) is 86.3 cm³/mol. The van der Waals surface area contributed by atoms with Crippen LogP contribution in [0.4, 0.5) is 11.5 Å². The first-order chi connectivity index (χ1) is 10.2. The van der Waals surface area contributed by atoms with Crippen LogP contribution < -0.4 is 11.1 Å². The quantitative estimate of drug-likeness (QED) is 0.771. The molecule has 5 nitrogen and oxygen atoms in total. The standard InChI is InChI=1S/C16H19N5/c1-11-14(17)16(21(2)20-11)19-10-8-13-6-3-5-12-7-4-9-18-15(12)13/h3-7,9,19H,8,10,17H2,1-2H3. The van der Waals surface area contributed by atoms with E-state index in [0.717, 1.165) is 30.0 Å². The van der Waals surface area contributed by atoms with Crippen molar-refractivity contribution < 1.29 is 0 Å². The summed E-state index contributed by atoms with van der Waals surface area (Å²) in [5, 5.41) is 8.84. The number of benzene rings is 1. The molecule has 1 aromatic carbocycles. The zero-order valence-corrected chi connectivity index (χ0v) is 12.3. The summed E-state index contributed by atoms with van der Waals surface area (Å²) in [4.78, 5) is 4.48. The topological polar surface area (TPSA) is 68.8 Å². The second kappa shape index (κ2) is 5.44. The number of nitrogens with zero attached hydrogens (tertiary/aromatic N) is 3. The van der Waals surface area contributed by atoms with Crippen LogP contribution in [0.15, 0.2) is 36.5 Å². The molecule has 0 radical (unpaired) electrons. The number of para-hydroxylation sites is 1. The van der Waals surface area contributed by atoms with Crippen LogP contribution in [0.2, 0.25) is 0 Å². The number of pyridine rings is 1. The fraction of sp³-hybridized carbons (Fsp3) is 0.250. The predicted octanol–water partition coefficient (Wildman–Crippen LogP) is 2.51. The van der Waals surface area contributed by atoms with E-state index in [2.05, 4.69) is 39.7 Å². The number of hydrogen-bond donors (Lipinski definition) is 2. The summed E-state index contributed by atoms with van der Waals surface area (Å²) >= 11 is 0. The molecule has 3 N–H and O–H groups in total. The number of anilines is 2. The third-order valence-corrected chi connectivity index (χ3v) is 3.67. The van der Waals surface area contributed by atoms with Gasteiger partial charge in [0.1, 0.15) is 5.82 Å². The Balaban J connectivity index is 1.75. The lowest BCUT2D eigenvalue weighted by atomic mass is 10.1. The van der Waals surface area contributed by atoms with Gasteiger partial charge in [-0.2, -0.15) is 5.10 Å². The first-order valence-corrected chi connectivity index (χ1v) is 7.02. The molecule has 2 heterocycles. The van der Waals surface area contributed by atoms with E-state index in [4.69, 9.17) is 5.73 Å². The molecule has 3 rings (SSSR count). The zero-order chi connectivity index (χ0) is 14.8. The maximum Gasteiger partial charge on any atom is 0.147 e. The molecule has 0 fully saturated rings. The smallest absolute Gasteiger partial charge is 0.147 e. The number of nitrogens with two attached hydrogens (primary N) is 1. The normalized spacial score (nSPS) is 11.0. The fourth-order valence-electron chi connectivity index (χ4n) is 2.57.